The fourth-order valence-corrected chi connectivity index (χ4v) is 2.24. The normalized spacial score (nSPS) is 10.8. The summed E-state index contributed by atoms with van der Waals surface area (Å²) in [6.07, 6.45) is 1.29. The lowest BCUT2D eigenvalue weighted by atomic mass is 10.1. The van der Waals surface area contributed by atoms with Crippen molar-refractivity contribution in [3.05, 3.63) is 60.2 Å². The number of Topliss-reactive ketones (excluding diaryl/α,β-unsaturated/α-hetero) is 1. The van der Waals surface area contributed by atoms with E-state index in [4.69, 9.17) is 0 Å². The Bertz CT molecular complexity index is 719. The number of hydrogen-bond donors (Lipinski definition) is 0. The third-order valence-electron chi connectivity index (χ3n) is 3.29. The van der Waals surface area contributed by atoms with E-state index in [1.807, 2.05) is 59.3 Å². The molecule has 20 heavy (non-hydrogen) atoms. The molecule has 4 nitrogen and oxygen atoms in total. The van der Waals surface area contributed by atoms with Crippen LogP contribution in [-0.4, -0.2) is 20.8 Å². The molecule has 0 N–H and O–H groups in total. The first-order valence-electron chi connectivity index (χ1n) is 6.71. The monoisotopic (exact) mass is 265 g/mol. The van der Waals surface area contributed by atoms with Gasteiger partial charge in [0.15, 0.2) is 5.78 Å². The maximum atomic E-state index is 12.0. The molecule has 0 fully saturated rings. The summed E-state index contributed by atoms with van der Waals surface area (Å²) in [5.74, 6) is 0.176. The Balaban J connectivity index is 1.62. The summed E-state index contributed by atoms with van der Waals surface area (Å²) in [7, 11) is 0. The molecule has 0 atom stereocenters. The molecule has 1 heterocycles. The number of nitrogens with zero attached hydrogens (tertiary/aromatic N) is 3. The van der Waals surface area contributed by atoms with Crippen molar-refractivity contribution in [3.63, 3.8) is 0 Å². The summed E-state index contributed by atoms with van der Waals surface area (Å²) < 4.78 is 1.85. The van der Waals surface area contributed by atoms with Crippen LogP contribution in [-0.2, 0) is 6.54 Å². The maximum Gasteiger partial charge on any atom is 0.162 e. The van der Waals surface area contributed by atoms with Gasteiger partial charge in [0.25, 0.3) is 0 Å². The van der Waals surface area contributed by atoms with Crippen molar-refractivity contribution < 1.29 is 4.79 Å². The number of aromatic nitrogens is 3. The zero-order chi connectivity index (χ0) is 13.8. The maximum absolute atomic E-state index is 12.0. The van der Waals surface area contributed by atoms with E-state index in [0.717, 1.165) is 23.0 Å². The van der Waals surface area contributed by atoms with Crippen molar-refractivity contribution >= 4 is 16.8 Å². The Morgan fingerprint density at radius 1 is 1.00 bits per heavy atom. The van der Waals surface area contributed by atoms with Crippen molar-refractivity contribution in [2.75, 3.05) is 0 Å². The number of carbonyl (C=O) groups excluding carboxylic acids is 1. The highest BCUT2D eigenvalue weighted by atomic mass is 16.1. The van der Waals surface area contributed by atoms with Gasteiger partial charge in [0, 0.05) is 18.5 Å². The van der Waals surface area contributed by atoms with Crippen LogP contribution >= 0.6 is 0 Å². The van der Waals surface area contributed by atoms with Gasteiger partial charge in [0.1, 0.15) is 5.52 Å². The number of para-hydroxylation sites is 1. The van der Waals surface area contributed by atoms with E-state index >= 15 is 0 Å². The van der Waals surface area contributed by atoms with Crippen LogP contribution < -0.4 is 0 Å². The van der Waals surface area contributed by atoms with Gasteiger partial charge in [0.2, 0.25) is 0 Å². The van der Waals surface area contributed by atoms with Crippen LogP contribution in [0.3, 0.4) is 0 Å². The van der Waals surface area contributed by atoms with Gasteiger partial charge in [-0.05, 0) is 18.6 Å². The van der Waals surface area contributed by atoms with E-state index in [-0.39, 0.29) is 5.78 Å². The summed E-state index contributed by atoms with van der Waals surface area (Å²) in [5, 5.41) is 8.22. The highest BCUT2D eigenvalue weighted by Gasteiger charge is 2.07. The molecule has 0 amide bonds. The molecule has 0 unspecified atom stereocenters. The van der Waals surface area contributed by atoms with Gasteiger partial charge in [-0.3, -0.25) is 4.79 Å². The summed E-state index contributed by atoms with van der Waals surface area (Å²) >= 11 is 0. The molecule has 0 spiro atoms. The molecule has 0 aliphatic carbocycles. The molecule has 0 aliphatic rings. The van der Waals surface area contributed by atoms with E-state index in [1.165, 1.54) is 0 Å². The van der Waals surface area contributed by atoms with Crippen LogP contribution in [0, 0.1) is 0 Å². The summed E-state index contributed by atoms with van der Waals surface area (Å²) in [5.41, 5.74) is 2.68. The summed E-state index contributed by atoms with van der Waals surface area (Å²) in [6, 6.07) is 17.2. The molecule has 2 aromatic carbocycles. The number of hydrogen-bond acceptors (Lipinski definition) is 3. The predicted octanol–water partition coefficient (Wildman–Crippen LogP) is 3.09. The number of ketones is 1. The number of rotatable bonds is 5. The van der Waals surface area contributed by atoms with Crippen molar-refractivity contribution in [1.82, 2.24) is 15.0 Å². The van der Waals surface area contributed by atoms with E-state index in [9.17, 15) is 4.79 Å². The van der Waals surface area contributed by atoms with Gasteiger partial charge in [-0.2, -0.15) is 0 Å². The SMILES string of the molecule is O=C(CCCn1nnc2ccccc21)c1ccccc1. The molecule has 3 aromatic rings. The lowest BCUT2D eigenvalue weighted by Crippen LogP contribution is -2.04. The molecular formula is C16H15N3O. The highest BCUT2D eigenvalue weighted by Crippen LogP contribution is 2.11. The fourth-order valence-electron chi connectivity index (χ4n) is 2.24. The second kappa shape index (κ2) is 5.65. The standard InChI is InChI=1S/C16H15N3O/c20-16(13-7-2-1-3-8-13)11-6-12-19-15-10-5-4-9-14(15)17-18-19/h1-5,7-10H,6,11-12H2. The Kier molecular flexibility index (Phi) is 3.54. The molecule has 0 bridgehead atoms. The zero-order valence-electron chi connectivity index (χ0n) is 11.1. The Labute approximate surface area is 117 Å². The van der Waals surface area contributed by atoms with E-state index < -0.39 is 0 Å². The molecule has 1 aromatic heterocycles. The first-order chi connectivity index (χ1) is 9.84. The average Bonchev–Trinajstić information content (AvgIpc) is 2.92. The second-order valence-electron chi connectivity index (χ2n) is 4.69. The first kappa shape index (κ1) is 12.5. The zero-order valence-corrected chi connectivity index (χ0v) is 11.1. The summed E-state index contributed by atoms with van der Waals surface area (Å²) in [6.45, 7) is 0.707. The predicted molar refractivity (Wildman–Crippen MR) is 77.5 cm³/mol. The van der Waals surface area contributed by atoms with E-state index in [2.05, 4.69) is 10.3 Å². The molecule has 4 heteroatoms. The van der Waals surface area contributed by atoms with Crippen LogP contribution in [0.25, 0.3) is 11.0 Å². The van der Waals surface area contributed by atoms with E-state index in [0.29, 0.717) is 13.0 Å². The van der Waals surface area contributed by atoms with Crippen LogP contribution in [0.1, 0.15) is 23.2 Å². The molecule has 100 valence electrons. The third kappa shape index (κ3) is 2.59. The molecule has 0 radical (unpaired) electrons. The minimum atomic E-state index is 0.176. The second-order valence-corrected chi connectivity index (χ2v) is 4.69. The van der Waals surface area contributed by atoms with Gasteiger partial charge in [0.05, 0.1) is 5.52 Å². The third-order valence-corrected chi connectivity index (χ3v) is 3.29. The lowest BCUT2D eigenvalue weighted by Gasteiger charge is -2.02. The molecule has 3 rings (SSSR count). The lowest BCUT2D eigenvalue weighted by molar-refractivity contribution is 0.0978. The van der Waals surface area contributed by atoms with Gasteiger partial charge < -0.3 is 0 Å². The van der Waals surface area contributed by atoms with Crippen LogP contribution in [0.5, 0.6) is 0 Å². The van der Waals surface area contributed by atoms with Crippen molar-refractivity contribution in [3.8, 4) is 0 Å². The van der Waals surface area contributed by atoms with Crippen molar-refractivity contribution in [2.24, 2.45) is 0 Å². The Morgan fingerprint density at radius 3 is 2.60 bits per heavy atom. The topological polar surface area (TPSA) is 47.8 Å². The molecule has 0 aliphatic heterocycles. The summed E-state index contributed by atoms with van der Waals surface area (Å²) in [4.78, 5) is 12.0. The first-order valence-corrected chi connectivity index (χ1v) is 6.71. The largest absolute Gasteiger partial charge is 0.294 e. The van der Waals surface area contributed by atoms with Crippen molar-refractivity contribution in [2.45, 2.75) is 19.4 Å². The van der Waals surface area contributed by atoms with Gasteiger partial charge >= 0.3 is 0 Å². The van der Waals surface area contributed by atoms with Gasteiger partial charge in [-0.15, -0.1) is 5.10 Å². The van der Waals surface area contributed by atoms with Crippen LogP contribution in [0.2, 0.25) is 0 Å². The smallest absolute Gasteiger partial charge is 0.162 e. The van der Waals surface area contributed by atoms with Crippen molar-refractivity contribution in [1.29, 1.82) is 0 Å². The Morgan fingerprint density at radius 2 is 1.75 bits per heavy atom. The fraction of sp³-hybridized carbons (Fsp3) is 0.188. The molecule has 0 saturated heterocycles. The highest BCUT2D eigenvalue weighted by molar-refractivity contribution is 5.95. The minimum Gasteiger partial charge on any atom is -0.294 e. The van der Waals surface area contributed by atoms with Crippen LogP contribution in [0.4, 0.5) is 0 Å². The molecular weight excluding hydrogens is 250 g/mol. The molecule has 0 saturated carbocycles. The number of fused-ring (bicyclic) bond motifs is 1. The van der Waals surface area contributed by atoms with Gasteiger partial charge in [-0.25, -0.2) is 4.68 Å². The van der Waals surface area contributed by atoms with Crippen LogP contribution in [0.15, 0.2) is 54.6 Å². The average molecular weight is 265 g/mol. The quantitative estimate of drug-likeness (QED) is 0.666. The number of aryl methyl sites for hydroxylation is 1. The van der Waals surface area contributed by atoms with Gasteiger partial charge in [-0.1, -0.05) is 47.7 Å². The number of benzene rings is 2. The van der Waals surface area contributed by atoms with E-state index in [1.54, 1.807) is 0 Å². The Hall–Kier alpha value is -2.49. The number of carbonyl (C=O) groups is 1. The minimum absolute atomic E-state index is 0.176.